The number of aromatic nitrogens is 3. The Morgan fingerprint density at radius 3 is 0.733 bits per heavy atom. The van der Waals surface area contributed by atoms with Gasteiger partial charge in [-0.05, 0) is 216 Å². The van der Waals surface area contributed by atoms with Gasteiger partial charge in [0, 0.05) is 65.8 Å². The van der Waals surface area contributed by atoms with Crippen molar-refractivity contribution in [3.8, 4) is 33.4 Å². The minimum absolute atomic E-state index is 0.571. The zero-order valence-corrected chi connectivity index (χ0v) is 79.9. The molecule has 3 aliphatic carbocycles. The first-order valence-electron chi connectivity index (χ1n) is 50.4. The first kappa shape index (κ1) is 84.9. The van der Waals surface area contributed by atoms with E-state index in [1.54, 1.807) is 0 Å². The van der Waals surface area contributed by atoms with Crippen molar-refractivity contribution in [1.82, 2.24) is 13.7 Å². The SMILES string of the molecule is c1ccc(N(c2cccc3ccccc23)c2cccc3c2c2ccccc2n3C2(c3ccccc3)c3ccccc3-c3ccccc32)cc1.c1ccc(N(c2cccc3oc4ccccc4c23)c2cccc3c2c2ccccc2n3C2(c3ccccc3)c3ccccc3-c3ccccc32)cc1.c1ccc(N(c2ccccc2)c2cccc3c2c2ccccc2n3C2(c3ccccc3)c3ccccc3-c3ccccc32)cc1. The predicted molar refractivity (Wildman–Crippen MR) is 608 cm³/mol. The highest BCUT2D eigenvalue weighted by molar-refractivity contribution is 6.22. The summed E-state index contributed by atoms with van der Waals surface area (Å²) in [4.78, 5) is 7.27. The highest BCUT2D eigenvalue weighted by atomic mass is 16.3. The van der Waals surface area contributed by atoms with Gasteiger partial charge in [-0.25, -0.2) is 0 Å². The number of benzene rings is 23. The molecule has 0 N–H and O–H groups in total. The van der Waals surface area contributed by atoms with E-state index in [0.717, 1.165) is 73.1 Å². The van der Waals surface area contributed by atoms with Crippen LogP contribution in [0.5, 0.6) is 0 Å². The van der Waals surface area contributed by atoms with Gasteiger partial charge in [-0.3, -0.25) is 0 Å². The number of rotatable bonds is 15. The third-order valence-corrected chi connectivity index (χ3v) is 30.8. The van der Waals surface area contributed by atoms with Crippen LogP contribution in [-0.4, -0.2) is 13.7 Å². The van der Waals surface area contributed by atoms with Crippen LogP contribution in [0.3, 0.4) is 0 Å². The Morgan fingerprint density at radius 2 is 0.377 bits per heavy atom. The standard InChI is InChI=1S/C49H32N2O.C47H32N2.C43H30N2/c1-3-17-33(18-4-1)49(39-25-11-7-21-35(39)36-22-8-12-26-40(36)49)51-41-27-13-9-23-37(41)47-42(28-15-30-44(47)51)50(34-19-5-2-6-20-34)43-29-16-32-46-48(43)38-24-10-14-31-45(38)52-46;1-3-19-34(20-4-1)47(40-27-12-9-24-37(40)38-25-10-13-28-41(38)47)49-43-29-14-11-26-39(43)46-44(31-16-32-45(46)49)48(35-21-5-2-6-22-35)42-30-15-18-33-17-7-8-23-36(33)42;1-4-17-31(18-5-1)43(37-26-13-10-23-34(37)35-24-11-14-27-38(35)43)45-39-28-15-12-25-36(39)42-40(29-16-30-41(42)45)44(32-19-6-2-7-20-32)33-21-8-3-9-22-33/h1-32H;1-32H;1-30H. The second kappa shape index (κ2) is 34.7. The minimum atomic E-state index is -0.618. The van der Waals surface area contributed by atoms with Crippen LogP contribution in [0, 0.1) is 0 Å². The van der Waals surface area contributed by atoms with E-state index in [2.05, 4.69) is 593 Å². The van der Waals surface area contributed by atoms with E-state index in [0.29, 0.717) is 0 Å². The lowest BCUT2D eigenvalue weighted by Crippen LogP contribution is -2.35. The zero-order valence-electron chi connectivity index (χ0n) is 79.9. The van der Waals surface area contributed by atoms with Crippen LogP contribution in [-0.2, 0) is 16.6 Å². The van der Waals surface area contributed by atoms with E-state index >= 15 is 0 Å². The topological polar surface area (TPSA) is 37.6 Å². The molecule has 0 fully saturated rings. The maximum Gasteiger partial charge on any atom is 0.137 e. The molecule has 3 aliphatic rings. The smallest absolute Gasteiger partial charge is 0.137 e. The maximum atomic E-state index is 6.44. The number of para-hydroxylation sites is 8. The number of anilines is 9. The lowest BCUT2D eigenvalue weighted by molar-refractivity contribution is 0.564. The summed E-state index contributed by atoms with van der Waals surface area (Å²) in [7, 11) is 0. The molecule has 4 heterocycles. The van der Waals surface area contributed by atoms with Gasteiger partial charge in [0.1, 0.15) is 27.8 Å². The normalized spacial score (nSPS) is 13.1. The summed E-state index contributed by atoms with van der Waals surface area (Å²) in [5.74, 6) is 0. The van der Waals surface area contributed by atoms with Crippen LogP contribution in [0.2, 0.25) is 0 Å². The van der Waals surface area contributed by atoms with Gasteiger partial charge in [-0.2, -0.15) is 0 Å². The molecular weight excluding hydrogens is 1770 g/mol. The molecular formula is C139H94N6O. The molecule has 23 aromatic carbocycles. The van der Waals surface area contributed by atoms with E-state index in [-0.39, 0.29) is 0 Å². The largest absolute Gasteiger partial charge is 0.456 e. The molecule has 0 unspecified atom stereocenters. The Kier molecular flexibility index (Phi) is 20.2. The van der Waals surface area contributed by atoms with Crippen molar-refractivity contribution in [3.63, 3.8) is 0 Å². The number of hydrogen-bond donors (Lipinski definition) is 0. The highest BCUT2D eigenvalue weighted by Gasteiger charge is 2.52. The van der Waals surface area contributed by atoms with Crippen LogP contribution < -0.4 is 14.7 Å². The Labute approximate surface area is 846 Å². The fraction of sp³-hybridized carbons (Fsp3) is 0.0216. The van der Waals surface area contributed by atoms with Crippen LogP contribution in [0.15, 0.2) is 575 Å². The van der Waals surface area contributed by atoms with Crippen molar-refractivity contribution >= 4 is 149 Å². The van der Waals surface area contributed by atoms with Crippen molar-refractivity contribution in [2.24, 2.45) is 0 Å². The van der Waals surface area contributed by atoms with Gasteiger partial charge in [0.2, 0.25) is 0 Å². The third kappa shape index (κ3) is 12.7. The lowest BCUT2D eigenvalue weighted by Gasteiger charge is -2.36. The number of furan rings is 1. The van der Waals surface area contributed by atoms with Gasteiger partial charge >= 0.3 is 0 Å². The zero-order chi connectivity index (χ0) is 96.4. The fourth-order valence-electron chi connectivity index (χ4n) is 25.3. The molecule has 0 aliphatic heterocycles. The van der Waals surface area contributed by atoms with E-state index < -0.39 is 16.6 Å². The number of hydrogen-bond acceptors (Lipinski definition) is 4. The fourth-order valence-corrected chi connectivity index (χ4v) is 25.3. The molecule has 30 rings (SSSR count). The Hall–Kier alpha value is -19.1. The summed E-state index contributed by atoms with van der Waals surface area (Å²) in [5.41, 5.74) is 36.4. The van der Waals surface area contributed by atoms with Gasteiger partial charge < -0.3 is 32.8 Å². The monoisotopic (exact) mass is 1860 g/mol. The van der Waals surface area contributed by atoms with Crippen molar-refractivity contribution in [3.05, 3.63) is 620 Å². The average molecular weight is 1860 g/mol. The Morgan fingerprint density at radius 1 is 0.151 bits per heavy atom. The van der Waals surface area contributed by atoms with Crippen LogP contribution in [0.25, 0.3) is 132 Å². The Balaban J connectivity index is 0.000000106. The quantitative estimate of drug-likeness (QED) is 0.103. The van der Waals surface area contributed by atoms with Gasteiger partial charge in [0.15, 0.2) is 0 Å². The molecule has 0 spiro atoms. The first-order valence-corrected chi connectivity index (χ1v) is 50.4. The predicted octanol–water partition coefficient (Wildman–Crippen LogP) is 36.3. The van der Waals surface area contributed by atoms with Crippen LogP contribution >= 0.6 is 0 Å². The second-order valence-electron chi connectivity index (χ2n) is 38.2. The van der Waals surface area contributed by atoms with Gasteiger partial charge in [-0.1, -0.05) is 443 Å². The molecule has 0 saturated carbocycles. The molecule has 146 heavy (non-hydrogen) atoms. The molecule has 0 saturated heterocycles. The summed E-state index contributed by atoms with van der Waals surface area (Å²) in [5, 5.41) is 12.0. The number of nitrogens with zero attached hydrogens (tertiary/aromatic N) is 6. The molecule has 0 atom stereocenters. The molecule has 0 radical (unpaired) electrons. The average Bonchev–Trinajstić information content (AvgIpc) is 1.52. The maximum absolute atomic E-state index is 6.44. The van der Waals surface area contributed by atoms with Crippen molar-refractivity contribution in [2.75, 3.05) is 14.7 Å². The highest BCUT2D eigenvalue weighted by Crippen LogP contribution is 2.62. The summed E-state index contributed by atoms with van der Waals surface area (Å²) in [6.45, 7) is 0. The summed E-state index contributed by atoms with van der Waals surface area (Å²) < 4.78 is 14.3. The minimum Gasteiger partial charge on any atom is -0.456 e. The van der Waals surface area contributed by atoms with Gasteiger partial charge in [-0.15, -0.1) is 0 Å². The van der Waals surface area contributed by atoms with E-state index in [9.17, 15) is 0 Å². The molecule has 7 heteroatoms. The van der Waals surface area contributed by atoms with Crippen molar-refractivity contribution in [1.29, 1.82) is 0 Å². The summed E-state index contributed by atoms with van der Waals surface area (Å²) in [6.07, 6.45) is 0. The molecule has 27 aromatic rings. The van der Waals surface area contributed by atoms with Crippen molar-refractivity contribution in [2.45, 2.75) is 16.6 Å². The summed E-state index contributed by atoms with van der Waals surface area (Å²) in [6, 6.07) is 207. The molecule has 0 amide bonds. The molecule has 0 bridgehead atoms. The Bertz CT molecular complexity index is 9550. The first-order chi connectivity index (χ1) is 72.6. The van der Waals surface area contributed by atoms with Crippen LogP contribution in [0.4, 0.5) is 51.2 Å². The van der Waals surface area contributed by atoms with E-state index in [1.807, 2.05) is 6.07 Å². The van der Waals surface area contributed by atoms with Crippen LogP contribution in [0.1, 0.15) is 50.1 Å². The molecule has 686 valence electrons. The summed E-state index contributed by atoms with van der Waals surface area (Å²) >= 11 is 0. The molecule has 7 nitrogen and oxygen atoms in total. The van der Waals surface area contributed by atoms with E-state index in [4.69, 9.17) is 4.42 Å². The number of fused-ring (bicyclic) bond motifs is 22. The molecule has 4 aromatic heterocycles. The van der Waals surface area contributed by atoms with Gasteiger partial charge in [0.05, 0.1) is 66.9 Å². The lowest BCUT2D eigenvalue weighted by atomic mass is 9.80. The van der Waals surface area contributed by atoms with E-state index in [1.165, 1.54) is 160 Å². The van der Waals surface area contributed by atoms with Crippen molar-refractivity contribution < 1.29 is 4.42 Å². The second-order valence-corrected chi connectivity index (χ2v) is 38.2. The third-order valence-electron chi connectivity index (χ3n) is 30.8. The van der Waals surface area contributed by atoms with Gasteiger partial charge in [0.25, 0.3) is 0 Å².